The molecule has 1 aromatic heterocycles. The fourth-order valence-electron chi connectivity index (χ4n) is 2.25. The van der Waals surface area contributed by atoms with Gasteiger partial charge in [-0.25, -0.2) is 0 Å². The zero-order valence-electron chi connectivity index (χ0n) is 11.7. The number of hydrogen-bond donors (Lipinski definition) is 1. The fourth-order valence-corrected chi connectivity index (χ4v) is 2.25. The highest BCUT2D eigenvalue weighted by Crippen LogP contribution is 2.14. The molecule has 0 bridgehead atoms. The van der Waals surface area contributed by atoms with Crippen molar-refractivity contribution >= 4 is 0 Å². The predicted molar refractivity (Wildman–Crippen MR) is 74.2 cm³/mol. The molecule has 17 heavy (non-hydrogen) atoms. The van der Waals surface area contributed by atoms with Gasteiger partial charge in [0, 0.05) is 24.4 Å². The number of aryl methyl sites for hydroxylation is 1. The monoisotopic (exact) mass is 234 g/mol. The molecule has 0 aliphatic heterocycles. The van der Waals surface area contributed by atoms with Gasteiger partial charge in [-0.3, -0.25) is 4.98 Å². The number of hydrogen-bond acceptors (Lipinski definition) is 2. The van der Waals surface area contributed by atoms with Crippen LogP contribution in [0, 0.1) is 5.92 Å². The molecule has 2 atom stereocenters. The van der Waals surface area contributed by atoms with Crippen molar-refractivity contribution in [2.75, 3.05) is 7.05 Å². The Balaban J connectivity index is 2.60. The van der Waals surface area contributed by atoms with Crippen LogP contribution in [0.25, 0.3) is 0 Å². The smallest absolute Gasteiger partial charge is 0.0419 e. The summed E-state index contributed by atoms with van der Waals surface area (Å²) in [6.07, 6.45) is 6.63. The van der Waals surface area contributed by atoms with E-state index in [1.54, 1.807) is 0 Å². The lowest BCUT2D eigenvalue weighted by Gasteiger charge is -2.23. The first-order valence-corrected chi connectivity index (χ1v) is 6.82. The number of likely N-dealkylation sites (N-methyl/N-ethyl adjacent to an activating group) is 1. The number of nitrogens with zero attached hydrogens (tertiary/aromatic N) is 1. The molecule has 96 valence electrons. The topological polar surface area (TPSA) is 24.9 Å². The van der Waals surface area contributed by atoms with E-state index in [2.05, 4.69) is 50.3 Å². The van der Waals surface area contributed by atoms with E-state index in [9.17, 15) is 0 Å². The first kappa shape index (κ1) is 14.2. The molecular weight excluding hydrogens is 208 g/mol. The Morgan fingerprint density at radius 3 is 2.53 bits per heavy atom. The van der Waals surface area contributed by atoms with Crippen molar-refractivity contribution in [3.05, 3.63) is 29.6 Å². The van der Waals surface area contributed by atoms with Gasteiger partial charge >= 0.3 is 0 Å². The molecule has 0 spiro atoms. The molecule has 0 saturated heterocycles. The van der Waals surface area contributed by atoms with Gasteiger partial charge in [-0.15, -0.1) is 0 Å². The molecule has 0 fully saturated rings. The van der Waals surface area contributed by atoms with Crippen LogP contribution < -0.4 is 5.32 Å². The third-order valence-corrected chi connectivity index (χ3v) is 3.52. The van der Waals surface area contributed by atoms with Crippen LogP contribution >= 0.6 is 0 Å². The lowest BCUT2D eigenvalue weighted by molar-refractivity contribution is 0.369. The molecule has 0 saturated carbocycles. The van der Waals surface area contributed by atoms with Crippen molar-refractivity contribution < 1.29 is 0 Å². The number of aromatic nitrogens is 1. The zero-order valence-corrected chi connectivity index (χ0v) is 11.7. The van der Waals surface area contributed by atoms with E-state index in [4.69, 9.17) is 0 Å². The molecule has 1 N–H and O–H groups in total. The zero-order chi connectivity index (χ0) is 12.7. The van der Waals surface area contributed by atoms with Crippen LogP contribution in [-0.2, 0) is 12.8 Å². The van der Waals surface area contributed by atoms with E-state index in [1.807, 2.05) is 6.20 Å². The normalized spacial score (nSPS) is 14.6. The van der Waals surface area contributed by atoms with Crippen LogP contribution in [0.5, 0.6) is 0 Å². The van der Waals surface area contributed by atoms with E-state index >= 15 is 0 Å². The van der Waals surface area contributed by atoms with Gasteiger partial charge in [0.05, 0.1) is 0 Å². The van der Waals surface area contributed by atoms with E-state index in [-0.39, 0.29) is 0 Å². The van der Waals surface area contributed by atoms with Gasteiger partial charge in [0.25, 0.3) is 0 Å². The highest BCUT2D eigenvalue weighted by molar-refractivity contribution is 5.14. The van der Waals surface area contributed by atoms with Crippen molar-refractivity contribution in [2.24, 2.45) is 5.92 Å². The second-order valence-corrected chi connectivity index (χ2v) is 4.88. The van der Waals surface area contributed by atoms with Crippen LogP contribution in [0.4, 0.5) is 0 Å². The van der Waals surface area contributed by atoms with Crippen molar-refractivity contribution in [1.29, 1.82) is 0 Å². The number of pyridine rings is 1. The quantitative estimate of drug-likeness (QED) is 0.783. The Labute approximate surface area is 106 Å². The van der Waals surface area contributed by atoms with Crippen LogP contribution in [-0.4, -0.2) is 18.1 Å². The Hall–Kier alpha value is -0.890. The second-order valence-electron chi connectivity index (χ2n) is 4.88. The lowest BCUT2D eigenvalue weighted by atomic mass is 9.93. The third-order valence-electron chi connectivity index (χ3n) is 3.52. The van der Waals surface area contributed by atoms with Crippen LogP contribution in [0.15, 0.2) is 18.3 Å². The molecule has 2 heteroatoms. The Morgan fingerprint density at radius 2 is 2.06 bits per heavy atom. The third kappa shape index (κ3) is 4.47. The molecule has 0 amide bonds. The second kappa shape index (κ2) is 7.44. The van der Waals surface area contributed by atoms with Crippen LogP contribution in [0.2, 0.25) is 0 Å². The largest absolute Gasteiger partial charge is 0.316 e. The van der Waals surface area contributed by atoms with Crippen molar-refractivity contribution in [1.82, 2.24) is 10.3 Å². The maximum Gasteiger partial charge on any atom is 0.0419 e. The molecule has 0 aliphatic rings. The van der Waals surface area contributed by atoms with E-state index in [0.717, 1.165) is 12.8 Å². The summed E-state index contributed by atoms with van der Waals surface area (Å²) in [5.41, 5.74) is 2.51. The lowest BCUT2D eigenvalue weighted by Crippen LogP contribution is -2.34. The highest BCUT2D eigenvalue weighted by atomic mass is 14.9. The summed E-state index contributed by atoms with van der Waals surface area (Å²) in [5, 5.41) is 3.42. The summed E-state index contributed by atoms with van der Waals surface area (Å²) < 4.78 is 0. The van der Waals surface area contributed by atoms with Gasteiger partial charge in [-0.1, -0.05) is 33.3 Å². The van der Waals surface area contributed by atoms with Crippen LogP contribution in [0.3, 0.4) is 0 Å². The number of nitrogens with one attached hydrogen (secondary N) is 1. The molecule has 0 aromatic carbocycles. The van der Waals surface area contributed by atoms with E-state index < -0.39 is 0 Å². The van der Waals surface area contributed by atoms with Crippen molar-refractivity contribution in [3.63, 3.8) is 0 Å². The minimum atomic E-state index is 0.537. The maximum absolute atomic E-state index is 4.54. The first-order valence-electron chi connectivity index (χ1n) is 6.82. The molecule has 0 radical (unpaired) electrons. The minimum absolute atomic E-state index is 0.537. The molecule has 1 aromatic rings. The number of rotatable bonds is 7. The Morgan fingerprint density at radius 1 is 1.29 bits per heavy atom. The molecule has 0 aliphatic carbocycles. The molecule has 1 rings (SSSR count). The first-order chi connectivity index (χ1) is 8.21. The molecular formula is C15H26N2. The predicted octanol–water partition coefficient (Wildman–Crippen LogP) is 3.21. The Bertz CT molecular complexity index is 305. The SMILES string of the molecule is CCCC(C)C(Cc1ccc(CC)cn1)NC. The minimum Gasteiger partial charge on any atom is -0.316 e. The van der Waals surface area contributed by atoms with E-state index in [0.29, 0.717) is 12.0 Å². The van der Waals surface area contributed by atoms with Crippen molar-refractivity contribution in [2.45, 2.75) is 52.5 Å². The van der Waals surface area contributed by atoms with E-state index in [1.165, 1.54) is 24.1 Å². The highest BCUT2D eigenvalue weighted by Gasteiger charge is 2.15. The van der Waals surface area contributed by atoms with Crippen molar-refractivity contribution in [3.8, 4) is 0 Å². The average molecular weight is 234 g/mol. The molecule has 1 heterocycles. The average Bonchev–Trinajstić information content (AvgIpc) is 2.37. The molecule has 2 unspecified atom stereocenters. The summed E-state index contributed by atoms with van der Waals surface area (Å²) in [6.45, 7) is 6.74. The van der Waals surface area contributed by atoms with Gasteiger partial charge in [0.15, 0.2) is 0 Å². The fraction of sp³-hybridized carbons (Fsp3) is 0.667. The summed E-state index contributed by atoms with van der Waals surface area (Å²) in [5.74, 6) is 0.706. The van der Waals surface area contributed by atoms with Gasteiger partial charge in [-0.05, 0) is 37.4 Å². The maximum atomic E-state index is 4.54. The summed E-state index contributed by atoms with van der Waals surface area (Å²) in [4.78, 5) is 4.54. The molecule has 2 nitrogen and oxygen atoms in total. The summed E-state index contributed by atoms with van der Waals surface area (Å²) in [7, 11) is 2.05. The van der Waals surface area contributed by atoms with Gasteiger partial charge < -0.3 is 5.32 Å². The summed E-state index contributed by atoms with van der Waals surface area (Å²) >= 11 is 0. The van der Waals surface area contributed by atoms with Crippen LogP contribution in [0.1, 0.15) is 44.9 Å². The standard InChI is InChI=1S/C15H26N2/c1-5-7-12(3)15(16-4)10-14-9-8-13(6-2)11-17-14/h8-9,11-12,15-16H,5-7,10H2,1-4H3. The van der Waals surface area contributed by atoms with Gasteiger partial charge in [0.2, 0.25) is 0 Å². The summed E-state index contributed by atoms with van der Waals surface area (Å²) in [6, 6.07) is 4.90. The van der Waals surface area contributed by atoms with Gasteiger partial charge in [-0.2, -0.15) is 0 Å². The van der Waals surface area contributed by atoms with Gasteiger partial charge in [0.1, 0.15) is 0 Å². The Kier molecular flexibility index (Phi) is 6.20.